The lowest BCUT2D eigenvalue weighted by Gasteiger charge is -2.26. The highest BCUT2D eigenvalue weighted by Crippen LogP contribution is 2.39. The number of halogens is 1. The molecule has 29 heavy (non-hydrogen) atoms. The van der Waals surface area contributed by atoms with Crippen molar-refractivity contribution in [2.45, 2.75) is 13.0 Å². The molecule has 0 bridgehead atoms. The summed E-state index contributed by atoms with van der Waals surface area (Å²) in [6, 6.07) is 10.9. The van der Waals surface area contributed by atoms with E-state index in [1.807, 2.05) is 25.9 Å². The molecule has 6 nitrogen and oxygen atoms in total. The monoisotopic (exact) mass is 458 g/mol. The largest absolute Gasteiger partial charge is 0.508 e. The predicted octanol–water partition coefficient (Wildman–Crippen LogP) is 3.45. The zero-order valence-corrected chi connectivity index (χ0v) is 18.1. The Morgan fingerprint density at radius 2 is 1.79 bits per heavy atom. The molecule has 1 aliphatic rings. The van der Waals surface area contributed by atoms with Crippen molar-refractivity contribution in [2.24, 2.45) is 0 Å². The second kappa shape index (κ2) is 8.39. The van der Waals surface area contributed by atoms with Crippen molar-refractivity contribution >= 4 is 33.4 Å². The van der Waals surface area contributed by atoms with Gasteiger partial charge in [0.05, 0.1) is 11.6 Å². The van der Waals surface area contributed by atoms with Gasteiger partial charge < -0.3 is 20.0 Å². The maximum atomic E-state index is 12.9. The van der Waals surface area contributed by atoms with Gasteiger partial charge in [0.1, 0.15) is 11.5 Å². The summed E-state index contributed by atoms with van der Waals surface area (Å²) in [4.78, 5) is 29.1. The molecule has 1 aliphatic heterocycles. The molecular formula is C22H23BrN2O4. The van der Waals surface area contributed by atoms with Crippen LogP contribution in [0.3, 0.4) is 0 Å². The summed E-state index contributed by atoms with van der Waals surface area (Å²) >= 11 is 3.43. The molecule has 0 spiro atoms. The number of nitrogens with zero attached hydrogens (tertiary/aromatic N) is 2. The number of hydrogen-bond acceptors (Lipinski definition) is 5. The van der Waals surface area contributed by atoms with E-state index in [1.165, 1.54) is 17.0 Å². The Morgan fingerprint density at radius 1 is 1.14 bits per heavy atom. The summed E-state index contributed by atoms with van der Waals surface area (Å²) in [5, 5.41) is 20.6. The molecule has 3 rings (SSSR count). The molecule has 7 heteroatoms. The number of amides is 1. The van der Waals surface area contributed by atoms with Gasteiger partial charge in [-0.15, -0.1) is 0 Å². The average Bonchev–Trinajstić information content (AvgIpc) is 2.93. The number of aliphatic hydroxyl groups is 1. The van der Waals surface area contributed by atoms with Crippen LogP contribution in [0.2, 0.25) is 0 Å². The van der Waals surface area contributed by atoms with E-state index < -0.39 is 17.7 Å². The molecule has 0 saturated carbocycles. The van der Waals surface area contributed by atoms with Crippen LogP contribution in [0.25, 0.3) is 5.76 Å². The molecule has 0 aromatic heterocycles. The van der Waals surface area contributed by atoms with Crippen LogP contribution in [-0.2, 0) is 9.59 Å². The first kappa shape index (κ1) is 21.1. The van der Waals surface area contributed by atoms with Gasteiger partial charge in [-0.2, -0.15) is 0 Å². The zero-order chi connectivity index (χ0) is 21.3. The molecule has 1 unspecified atom stereocenters. The van der Waals surface area contributed by atoms with Crippen LogP contribution in [0.5, 0.6) is 5.75 Å². The van der Waals surface area contributed by atoms with Gasteiger partial charge in [-0.25, -0.2) is 0 Å². The van der Waals surface area contributed by atoms with Gasteiger partial charge in [0.25, 0.3) is 11.7 Å². The Labute approximate surface area is 178 Å². The lowest BCUT2D eigenvalue weighted by molar-refractivity contribution is -0.140. The molecule has 1 atom stereocenters. The molecule has 0 aliphatic carbocycles. The van der Waals surface area contributed by atoms with Gasteiger partial charge in [0.2, 0.25) is 0 Å². The fourth-order valence-corrected chi connectivity index (χ4v) is 3.62. The number of aliphatic hydroxyl groups excluding tert-OH is 1. The van der Waals surface area contributed by atoms with Crippen LogP contribution in [0.15, 0.2) is 52.5 Å². The van der Waals surface area contributed by atoms with E-state index in [4.69, 9.17) is 0 Å². The van der Waals surface area contributed by atoms with Crippen LogP contribution in [0.1, 0.15) is 22.7 Å². The Bertz CT molecular complexity index is 983. The first-order chi connectivity index (χ1) is 13.7. The molecule has 2 aromatic rings. The summed E-state index contributed by atoms with van der Waals surface area (Å²) in [5.74, 6) is -1.47. The molecule has 152 valence electrons. The van der Waals surface area contributed by atoms with E-state index in [0.717, 1.165) is 10.0 Å². The third kappa shape index (κ3) is 4.21. The minimum absolute atomic E-state index is 0.0566. The van der Waals surface area contributed by atoms with E-state index in [2.05, 4.69) is 15.9 Å². The van der Waals surface area contributed by atoms with Crippen molar-refractivity contribution < 1.29 is 19.8 Å². The highest BCUT2D eigenvalue weighted by Gasteiger charge is 2.45. The first-order valence-electron chi connectivity index (χ1n) is 9.19. The van der Waals surface area contributed by atoms with Crippen LogP contribution < -0.4 is 0 Å². The molecule has 1 heterocycles. The fourth-order valence-electron chi connectivity index (χ4n) is 3.37. The lowest BCUT2D eigenvalue weighted by atomic mass is 9.95. The second-order valence-electron chi connectivity index (χ2n) is 7.35. The maximum Gasteiger partial charge on any atom is 0.295 e. The second-order valence-corrected chi connectivity index (χ2v) is 8.21. The first-order valence-corrected chi connectivity index (χ1v) is 9.98. The normalized spacial score (nSPS) is 18.7. The van der Waals surface area contributed by atoms with Crippen molar-refractivity contribution in [2.75, 3.05) is 27.2 Å². The number of hydrogen-bond donors (Lipinski definition) is 2. The van der Waals surface area contributed by atoms with Gasteiger partial charge in [0.15, 0.2) is 0 Å². The SMILES string of the molecule is Cc1cc(/C(O)=C2/C(=O)C(=O)N(CCN(C)C)C2c2ccc(O)cc2)ccc1Br. The van der Waals surface area contributed by atoms with Gasteiger partial charge in [0, 0.05) is 23.1 Å². The number of likely N-dealkylation sites (N-methyl/N-ethyl adjacent to an activating group) is 1. The Kier molecular flexibility index (Phi) is 6.10. The van der Waals surface area contributed by atoms with E-state index in [9.17, 15) is 19.8 Å². The van der Waals surface area contributed by atoms with Crippen molar-refractivity contribution in [3.8, 4) is 5.75 Å². The molecule has 1 fully saturated rings. The highest BCUT2D eigenvalue weighted by molar-refractivity contribution is 9.10. The molecule has 2 N–H and O–H groups in total. The summed E-state index contributed by atoms with van der Waals surface area (Å²) in [6.07, 6.45) is 0. The fraction of sp³-hybridized carbons (Fsp3) is 0.273. The van der Waals surface area contributed by atoms with Crippen molar-refractivity contribution in [1.29, 1.82) is 0 Å². The third-order valence-electron chi connectivity index (χ3n) is 4.97. The van der Waals surface area contributed by atoms with Crippen LogP contribution in [0, 0.1) is 6.92 Å². The average molecular weight is 459 g/mol. The molecule has 0 radical (unpaired) electrons. The van der Waals surface area contributed by atoms with Gasteiger partial charge in [-0.1, -0.05) is 34.1 Å². The number of phenols is 1. The number of ketones is 1. The Balaban J connectivity index is 2.15. The number of aryl methyl sites for hydroxylation is 1. The summed E-state index contributed by atoms with van der Waals surface area (Å²) in [6.45, 7) is 2.78. The summed E-state index contributed by atoms with van der Waals surface area (Å²) < 4.78 is 0.885. The van der Waals surface area contributed by atoms with E-state index in [0.29, 0.717) is 24.2 Å². The van der Waals surface area contributed by atoms with E-state index >= 15 is 0 Å². The van der Waals surface area contributed by atoms with Crippen molar-refractivity contribution in [3.63, 3.8) is 0 Å². The Morgan fingerprint density at radius 3 is 2.38 bits per heavy atom. The molecule has 1 saturated heterocycles. The topological polar surface area (TPSA) is 81.1 Å². The number of benzene rings is 2. The van der Waals surface area contributed by atoms with Crippen LogP contribution in [-0.4, -0.2) is 58.9 Å². The predicted molar refractivity (Wildman–Crippen MR) is 115 cm³/mol. The maximum absolute atomic E-state index is 12.9. The number of phenolic OH excluding ortho intramolecular Hbond substituents is 1. The van der Waals surface area contributed by atoms with Crippen molar-refractivity contribution in [1.82, 2.24) is 9.80 Å². The van der Waals surface area contributed by atoms with E-state index in [1.54, 1.807) is 30.3 Å². The molecule has 1 amide bonds. The summed E-state index contributed by atoms with van der Waals surface area (Å²) in [5.41, 5.74) is 2.08. The van der Waals surface area contributed by atoms with E-state index in [-0.39, 0.29) is 17.1 Å². The summed E-state index contributed by atoms with van der Waals surface area (Å²) in [7, 11) is 3.77. The quantitative estimate of drug-likeness (QED) is 0.407. The number of carbonyl (C=O) groups is 2. The smallest absolute Gasteiger partial charge is 0.295 e. The number of likely N-dealkylation sites (tertiary alicyclic amines) is 1. The number of aromatic hydroxyl groups is 1. The lowest BCUT2D eigenvalue weighted by Crippen LogP contribution is -2.35. The Hall–Kier alpha value is -2.64. The van der Waals surface area contributed by atoms with Crippen LogP contribution >= 0.6 is 15.9 Å². The van der Waals surface area contributed by atoms with Crippen molar-refractivity contribution in [3.05, 3.63) is 69.2 Å². The molecular weight excluding hydrogens is 436 g/mol. The third-order valence-corrected chi connectivity index (χ3v) is 5.86. The minimum atomic E-state index is -0.723. The number of Topliss-reactive ketones (excluding diaryl/α,β-unsaturated/α-hetero) is 1. The zero-order valence-electron chi connectivity index (χ0n) is 16.5. The van der Waals surface area contributed by atoms with Gasteiger partial charge >= 0.3 is 0 Å². The standard InChI is InChI=1S/C22H23BrN2O4/c1-13-12-15(6-9-17(13)23)20(27)18-19(14-4-7-16(26)8-5-14)25(11-10-24(2)3)22(29)21(18)28/h4-9,12,19,26-27H,10-11H2,1-3H3/b20-18-. The molecule has 2 aromatic carbocycles. The number of carbonyl (C=O) groups excluding carboxylic acids is 2. The number of rotatable bonds is 5. The van der Waals surface area contributed by atoms with Gasteiger partial charge in [-0.05, 0) is 56.4 Å². The van der Waals surface area contributed by atoms with Gasteiger partial charge in [-0.3, -0.25) is 9.59 Å². The minimum Gasteiger partial charge on any atom is -0.508 e. The highest BCUT2D eigenvalue weighted by atomic mass is 79.9. The van der Waals surface area contributed by atoms with Crippen LogP contribution in [0.4, 0.5) is 0 Å².